The maximum atomic E-state index is 12.1. The lowest BCUT2D eigenvalue weighted by atomic mass is 10.1. The highest BCUT2D eigenvalue weighted by Crippen LogP contribution is 2.25. The fourth-order valence-electron chi connectivity index (χ4n) is 2.38. The molecule has 0 aliphatic rings. The normalized spacial score (nSPS) is 10.4. The van der Waals surface area contributed by atoms with Crippen molar-refractivity contribution in [1.82, 2.24) is 0 Å². The Hall–Kier alpha value is -3.10. The van der Waals surface area contributed by atoms with Gasteiger partial charge in [0.15, 0.2) is 0 Å². The van der Waals surface area contributed by atoms with Gasteiger partial charge in [0.1, 0.15) is 12.2 Å². The highest BCUT2D eigenvalue weighted by molar-refractivity contribution is 6.32. The summed E-state index contributed by atoms with van der Waals surface area (Å²) < 4.78 is 10.4. The summed E-state index contributed by atoms with van der Waals surface area (Å²) in [6.07, 6.45) is 0. The van der Waals surface area contributed by atoms with E-state index in [4.69, 9.17) is 26.0 Å². The Morgan fingerprint density at radius 3 is 2.64 bits per heavy atom. The molecule has 5 nitrogen and oxygen atoms in total. The number of benzene rings is 2. The minimum Gasteiger partial charge on any atom is -0.457 e. The molecule has 0 spiro atoms. The van der Waals surface area contributed by atoms with E-state index in [1.807, 2.05) is 6.07 Å². The van der Waals surface area contributed by atoms with Gasteiger partial charge < -0.3 is 9.15 Å². The molecule has 0 saturated carbocycles. The number of aryl methyl sites for hydroxylation is 1. The molecule has 2 aromatic carbocycles. The van der Waals surface area contributed by atoms with Gasteiger partial charge in [0.25, 0.3) is 0 Å². The van der Waals surface area contributed by atoms with E-state index in [0.29, 0.717) is 32.7 Å². The summed E-state index contributed by atoms with van der Waals surface area (Å²) >= 11 is 6.13. The molecule has 3 aromatic rings. The van der Waals surface area contributed by atoms with Crippen molar-refractivity contribution in [1.29, 1.82) is 5.26 Å². The van der Waals surface area contributed by atoms with E-state index in [9.17, 15) is 9.59 Å². The van der Waals surface area contributed by atoms with Gasteiger partial charge in [-0.05, 0) is 48.9 Å². The summed E-state index contributed by atoms with van der Waals surface area (Å²) in [4.78, 5) is 23.8. The zero-order chi connectivity index (χ0) is 18.0. The van der Waals surface area contributed by atoms with E-state index in [2.05, 4.69) is 0 Å². The van der Waals surface area contributed by atoms with Crippen molar-refractivity contribution in [3.63, 3.8) is 0 Å². The Kier molecular flexibility index (Phi) is 4.55. The first-order chi connectivity index (χ1) is 12.0. The van der Waals surface area contributed by atoms with Gasteiger partial charge in [-0.1, -0.05) is 11.6 Å². The molecule has 0 aliphatic heterocycles. The molecular formula is C19H12ClNO4. The van der Waals surface area contributed by atoms with Crippen LogP contribution in [0.2, 0.25) is 5.02 Å². The summed E-state index contributed by atoms with van der Waals surface area (Å²) in [5.74, 6) is -0.552. The highest BCUT2D eigenvalue weighted by atomic mass is 35.5. The van der Waals surface area contributed by atoms with E-state index in [0.717, 1.165) is 5.56 Å². The van der Waals surface area contributed by atoms with Crippen LogP contribution in [0.1, 0.15) is 27.0 Å². The first-order valence-corrected chi connectivity index (χ1v) is 7.76. The molecule has 1 heterocycles. The van der Waals surface area contributed by atoms with Crippen molar-refractivity contribution in [2.75, 3.05) is 0 Å². The Balaban J connectivity index is 1.87. The summed E-state index contributed by atoms with van der Waals surface area (Å²) in [6, 6.07) is 12.7. The summed E-state index contributed by atoms with van der Waals surface area (Å²) in [7, 11) is 0. The van der Waals surface area contributed by atoms with Gasteiger partial charge in [-0.15, -0.1) is 0 Å². The average Bonchev–Trinajstić information content (AvgIpc) is 2.61. The molecule has 0 radical (unpaired) electrons. The molecule has 1 aromatic heterocycles. The van der Waals surface area contributed by atoms with Crippen molar-refractivity contribution in [3.05, 3.63) is 80.2 Å². The van der Waals surface area contributed by atoms with Crippen LogP contribution in [-0.2, 0) is 11.3 Å². The lowest BCUT2D eigenvalue weighted by molar-refractivity contribution is 0.0474. The molecule has 0 fully saturated rings. The number of hydrogen-bond donors (Lipinski definition) is 0. The van der Waals surface area contributed by atoms with Crippen LogP contribution in [0.25, 0.3) is 11.0 Å². The van der Waals surface area contributed by atoms with Crippen LogP contribution in [0.4, 0.5) is 0 Å². The molecule has 0 bridgehead atoms. The number of ether oxygens (including phenoxy) is 1. The largest absolute Gasteiger partial charge is 0.457 e. The number of fused-ring (bicyclic) bond motifs is 1. The van der Waals surface area contributed by atoms with Gasteiger partial charge in [0.05, 0.1) is 17.2 Å². The monoisotopic (exact) mass is 353 g/mol. The van der Waals surface area contributed by atoms with Crippen LogP contribution in [-0.4, -0.2) is 5.97 Å². The average molecular weight is 354 g/mol. The molecule has 3 rings (SSSR count). The number of nitriles is 1. The van der Waals surface area contributed by atoms with E-state index < -0.39 is 11.6 Å². The van der Waals surface area contributed by atoms with Gasteiger partial charge >= 0.3 is 11.6 Å². The van der Waals surface area contributed by atoms with Crippen molar-refractivity contribution in [2.24, 2.45) is 0 Å². The predicted molar refractivity (Wildman–Crippen MR) is 92.5 cm³/mol. The molecule has 0 saturated heterocycles. The van der Waals surface area contributed by atoms with E-state index in [1.54, 1.807) is 19.1 Å². The lowest BCUT2D eigenvalue weighted by Gasteiger charge is -2.08. The number of carbonyl (C=O) groups excluding carboxylic acids is 1. The zero-order valence-corrected chi connectivity index (χ0v) is 14.0. The van der Waals surface area contributed by atoms with Crippen molar-refractivity contribution in [3.8, 4) is 6.07 Å². The molecule has 0 atom stereocenters. The van der Waals surface area contributed by atoms with Crippen LogP contribution in [0, 0.1) is 18.3 Å². The molecule has 0 amide bonds. The minimum absolute atomic E-state index is 0.0969. The summed E-state index contributed by atoms with van der Waals surface area (Å²) in [5, 5.41) is 9.91. The fourth-order valence-corrected chi connectivity index (χ4v) is 2.54. The van der Waals surface area contributed by atoms with Gasteiger partial charge in [0.2, 0.25) is 0 Å². The number of hydrogen-bond acceptors (Lipinski definition) is 5. The van der Waals surface area contributed by atoms with Crippen molar-refractivity contribution in [2.45, 2.75) is 13.5 Å². The second-order valence-corrected chi connectivity index (χ2v) is 5.86. The van der Waals surface area contributed by atoms with Crippen molar-refractivity contribution < 1.29 is 13.9 Å². The number of rotatable bonds is 3. The van der Waals surface area contributed by atoms with Crippen LogP contribution in [0.3, 0.4) is 0 Å². The van der Waals surface area contributed by atoms with Crippen LogP contribution in [0.5, 0.6) is 0 Å². The smallest absolute Gasteiger partial charge is 0.338 e. The fraction of sp³-hybridized carbons (Fsp3) is 0.105. The Bertz CT molecular complexity index is 1060. The SMILES string of the molecule is Cc1cc2oc(=O)cc(COC(=O)c3ccc(C#N)cc3)c2cc1Cl. The molecule has 25 heavy (non-hydrogen) atoms. The minimum atomic E-state index is -0.552. The van der Waals surface area contributed by atoms with Crippen LogP contribution < -0.4 is 5.63 Å². The Morgan fingerprint density at radius 1 is 1.24 bits per heavy atom. The van der Waals surface area contributed by atoms with Gasteiger partial charge in [0, 0.05) is 22.0 Å². The van der Waals surface area contributed by atoms with E-state index >= 15 is 0 Å². The number of esters is 1. The van der Waals surface area contributed by atoms with E-state index in [1.165, 1.54) is 30.3 Å². The van der Waals surface area contributed by atoms with Crippen molar-refractivity contribution >= 4 is 28.5 Å². The number of nitrogens with zero attached hydrogens (tertiary/aromatic N) is 1. The van der Waals surface area contributed by atoms with Crippen LogP contribution in [0.15, 0.2) is 51.7 Å². The molecule has 0 N–H and O–H groups in total. The molecule has 124 valence electrons. The number of halogens is 1. The molecule has 6 heteroatoms. The third-order valence-electron chi connectivity index (χ3n) is 3.72. The molecular weight excluding hydrogens is 342 g/mol. The predicted octanol–water partition coefficient (Wildman–Crippen LogP) is 3.98. The maximum absolute atomic E-state index is 12.1. The van der Waals surface area contributed by atoms with Crippen LogP contribution >= 0.6 is 11.6 Å². The lowest BCUT2D eigenvalue weighted by Crippen LogP contribution is -2.08. The quantitative estimate of drug-likeness (QED) is 0.525. The molecule has 0 unspecified atom stereocenters. The number of carbonyl (C=O) groups is 1. The van der Waals surface area contributed by atoms with Gasteiger partial charge in [-0.2, -0.15) is 5.26 Å². The first-order valence-electron chi connectivity index (χ1n) is 7.38. The Morgan fingerprint density at radius 2 is 1.96 bits per heavy atom. The second kappa shape index (κ2) is 6.80. The summed E-state index contributed by atoms with van der Waals surface area (Å²) in [6.45, 7) is 1.71. The topological polar surface area (TPSA) is 80.3 Å². The van der Waals surface area contributed by atoms with Gasteiger partial charge in [-0.3, -0.25) is 0 Å². The zero-order valence-electron chi connectivity index (χ0n) is 13.2. The standard InChI is InChI=1S/C19H12ClNO4/c1-11-6-17-15(8-16(11)20)14(7-18(22)25-17)10-24-19(23)13-4-2-12(9-21)3-5-13/h2-8H,10H2,1H3. The first kappa shape index (κ1) is 16.7. The van der Waals surface area contributed by atoms with E-state index in [-0.39, 0.29) is 6.61 Å². The highest BCUT2D eigenvalue weighted by Gasteiger charge is 2.12. The second-order valence-electron chi connectivity index (χ2n) is 5.45. The summed E-state index contributed by atoms with van der Waals surface area (Å²) in [5.41, 5.74) is 1.92. The third-order valence-corrected chi connectivity index (χ3v) is 4.13. The Labute approximate surface area is 148 Å². The maximum Gasteiger partial charge on any atom is 0.338 e. The molecule has 0 aliphatic carbocycles. The van der Waals surface area contributed by atoms with Gasteiger partial charge in [-0.25, -0.2) is 9.59 Å². The third kappa shape index (κ3) is 3.54.